The monoisotopic (exact) mass is 542 g/mol. The third-order valence-corrected chi connectivity index (χ3v) is 10.1. The van der Waals surface area contributed by atoms with Crippen LogP contribution in [0.15, 0.2) is 36.4 Å². The number of fused-ring (bicyclic) bond motifs is 3. The molecule has 2 saturated carbocycles. The van der Waals surface area contributed by atoms with Crippen molar-refractivity contribution in [1.29, 1.82) is 0 Å². The van der Waals surface area contributed by atoms with E-state index >= 15 is 4.39 Å². The Morgan fingerprint density at radius 1 is 1.08 bits per heavy atom. The smallest absolute Gasteiger partial charge is 0.237 e. The molecular weight excluding hydrogens is 510 g/mol. The summed E-state index contributed by atoms with van der Waals surface area (Å²) in [7, 11) is 0. The molecule has 2 heterocycles. The molecule has 3 fully saturated rings. The number of hydrogen-bond acceptors (Lipinski definition) is 3. The molecule has 2 aromatic carbocycles. The summed E-state index contributed by atoms with van der Waals surface area (Å²) in [5, 5.41) is 7.34. The number of carbonyl (C=O) groups is 2. The first-order chi connectivity index (χ1) is 17.6. The summed E-state index contributed by atoms with van der Waals surface area (Å²) in [4.78, 5) is 28.4. The molecule has 4 aliphatic rings. The number of nitrogens with one attached hydrogen (secondary N) is 2. The maximum Gasteiger partial charge on any atom is 0.237 e. The summed E-state index contributed by atoms with van der Waals surface area (Å²) >= 11 is 12.6. The Hall–Kier alpha value is -1.95. The van der Waals surface area contributed by atoms with Gasteiger partial charge in [0, 0.05) is 28.6 Å². The molecule has 0 radical (unpaired) electrons. The predicted octanol–water partition coefficient (Wildman–Crippen LogP) is 7.18. The SMILES string of the molecule is CC1(C)CC(CC(=O)C2NC3(CCCCC3)C3(C(=O)Nc4cc(Cl)ccc43)C2c2cccc(Cl)c2F)C1. The van der Waals surface area contributed by atoms with E-state index in [1.165, 1.54) is 6.07 Å². The molecule has 3 unspecified atom stereocenters. The highest BCUT2D eigenvalue weighted by molar-refractivity contribution is 6.31. The van der Waals surface area contributed by atoms with Crippen molar-refractivity contribution >= 4 is 40.6 Å². The molecule has 3 atom stereocenters. The van der Waals surface area contributed by atoms with Crippen molar-refractivity contribution in [3.8, 4) is 0 Å². The van der Waals surface area contributed by atoms with Crippen molar-refractivity contribution in [3.63, 3.8) is 0 Å². The van der Waals surface area contributed by atoms with Crippen LogP contribution in [0.2, 0.25) is 10.0 Å². The lowest BCUT2D eigenvalue weighted by Gasteiger charge is -2.47. The molecule has 2 aliphatic heterocycles. The molecular formula is C30H33Cl2FN2O2. The van der Waals surface area contributed by atoms with Gasteiger partial charge in [-0.25, -0.2) is 4.39 Å². The van der Waals surface area contributed by atoms with Gasteiger partial charge < -0.3 is 5.32 Å². The summed E-state index contributed by atoms with van der Waals surface area (Å²) in [6.07, 6.45) is 6.85. The Morgan fingerprint density at radius 2 is 1.81 bits per heavy atom. The van der Waals surface area contributed by atoms with E-state index in [0.717, 1.165) is 50.5 Å². The van der Waals surface area contributed by atoms with E-state index in [1.807, 2.05) is 6.07 Å². The van der Waals surface area contributed by atoms with Gasteiger partial charge in [0.2, 0.25) is 5.91 Å². The largest absolute Gasteiger partial charge is 0.325 e. The number of amides is 1. The molecule has 1 saturated heterocycles. The van der Waals surface area contributed by atoms with Gasteiger partial charge in [0.05, 0.1) is 11.1 Å². The number of anilines is 1. The summed E-state index contributed by atoms with van der Waals surface area (Å²) in [5.41, 5.74) is 0.187. The fourth-order valence-corrected chi connectivity index (χ4v) is 8.68. The highest BCUT2D eigenvalue weighted by atomic mass is 35.5. The van der Waals surface area contributed by atoms with Crippen LogP contribution in [0.3, 0.4) is 0 Å². The fraction of sp³-hybridized carbons (Fsp3) is 0.533. The van der Waals surface area contributed by atoms with Gasteiger partial charge in [-0.15, -0.1) is 0 Å². The molecule has 2 aliphatic carbocycles. The first-order valence-electron chi connectivity index (χ1n) is 13.4. The van der Waals surface area contributed by atoms with E-state index in [4.69, 9.17) is 23.2 Å². The number of carbonyl (C=O) groups excluding carboxylic acids is 2. The first-order valence-corrected chi connectivity index (χ1v) is 14.2. The molecule has 37 heavy (non-hydrogen) atoms. The van der Waals surface area contributed by atoms with Gasteiger partial charge in [-0.05, 0) is 66.3 Å². The first kappa shape index (κ1) is 25.3. The number of rotatable bonds is 4. The van der Waals surface area contributed by atoms with Crippen LogP contribution < -0.4 is 10.6 Å². The van der Waals surface area contributed by atoms with Crippen molar-refractivity contribution < 1.29 is 14.0 Å². The Bertz CT molecular complexity index is 1280. The van der Waals surface area contributed by atoms with Crippen LogP contribution in [0.1, 0.15) is 82.3 Å². The third-order valence-electron chi connectivity index (χ3n) is 9.54. The zero-order chi connectivity index (χ0) is 26.2. The highest BCUT2D eigenvalue weighted by Gasteiger charge is 2.72. The molecule has 0 aromatic heterocycles. The summed E-state index contributed by atoms with van der Waals surface area (Å²) < 4.78 is 15.9. The number of Topliss-reactive ketones (excluding diaryl/α,β-unsaturated/α-hetero) is 1. The predicted molar refractivity (Wildman–Crippen MR) is 145 cm³/mol. The van der Waals surface area contributed by atoms with E-state index < -0.39 is 28.7 Å². The zero-order valence-electron chi connectivity index (χ0n) is 21.3. The van der Waals surface area contributed by atoms with Gasteiger partial charge in [-0.1, -0.05) is 74.5 Å². The van der Waals surface area contributed by atoms with Crippen molar-refractivity contribution in [3.05, 3.63) is 63.4 Å². The lowest BCUT2D eigenvalue weighted by atomic mass is 9.55. The molecule has 1 amide bonds. The van der Waals surface area contributed by atoms with Crippen LogP contribution >= 0.6 is 23.2 Å². The van der Waals surface area contributed by atoms with E-state index in [1.54, 1.807) is 24.3 Å². The lowest BCUT2D eigenvalue weighted by Crippen LogP contribution is -2.60. The number of hydrogen-bond donors (Lipinski definition) is 2. The van der Waals surface area contributed by atoms with E-state index in [-0.39, 0.29) is 22.1 Å². The molecule has 4 nitrogen and oxygen atoms in total. The Labute approximate surface area is 227 Å². The Balaban J connectivity index is 1.55. The van der Waals surface area contributed by atoms with Crippen molar-refractivity contribution in [2.24, 2.45) is 11.3 Å². The van der Waals surface area contributed by atoms with Gasteiger partial charge in [0.25, 0.3) is 0 Å². The minimum atomic E-state index is -1.15. The zero-order valence-corrected chi connectivity index (χ0v) is 22.8. The number of benzene rings is 2. The summed E-state index contributed by atoms with van der Waals surface area (Å²) in [6, 6.07) is 9.68. The normalized spacial score (nSPS) is 29.8. The Morgan fingerprint density at radius 3 is 2.51 bits per heavy atom. The maximum atomic E-state index is 15.9. The van der Waals surface area contributed by atoms with Crippen LogP contribution in [-0.2, 0) is 15.0 Å². The van der Waals surface area contributed by atoms with Crippen LogP contribution in [0, 0.1) is 17.2 Å². The summed E-state index contributed by atoms with van der Waals surface area (Å²) in [5.74, 6) is -1.10. The molecule has 2 aromatic rings. The standard InChI is InChI=1S/C30H33Cl2FN2O2/c1-28(2)15-17(16-28)13-23(36)26-24(19-7-6-8-21(32)25(19)33)30(29(35-26)11-4-3-5-12-29)20-10-9-18(31)14-22(20)34-27(30)37/h6-10,14,17,24,26,35H,3-5,11-13,15-16H2,1-2H3,(H,34,37). The number of ketones is 1. The topological polar surface area (TPSA) is 58.2 Å². The van der Waals surface area contributed by atoms with Crippen molar-refractivity contribution in [2.75, 3.05) is 5.32 Å². The van der Waals surface area contributed by atoms with Gasteiger partial charge in [0.15, 0.2) is 5.78 Å². The second-order valence-electron chi connectivity index (χ2n) is 12.4. The summed E-state index contributed by atoms with van der Waals surface area (Å²) in [6.45, 7) is 4.45. The third kappa shape index (κ3) is 3.71. The molecule has 2 N–H and O–H groups in total. The van der Waals surface area contributed by atoms with Crippen LogP contribution in [0.25, 0.3) is 0 Å². The van der Waals surface area contributed by atoms with Crippen LogP contribution in [0.4, 0.5) is 10.1 Å². The van der Waals surface area contributed by atoms with Crippen LogP contribution in [-0.4, -0.2) is 23.3 Å². The van der Waals surface area contributed by atoms with Crippen LogP contribution in [0.5, 0.6) is 0 Å². The molecule has 6 rings (SSSR count). The minimum absolute atomic E-state index is 0.001000. The average molecular weight is 544 g/mol. The second-order valence-corrected chi connectivity index (χ2v) is 13.3. The molecule has 196 valence electrons. The second kappa shape index (κ2) is 8.79. The van der Waals surface area contributed by atoms with Crippen molar-refractivity contribution in [2.45, 2.75) is 88.1 Å². The molecule has 0 bridgehead atoms. The fourth-order valence-electron chi connectivity index (χ4n) is 8.33. The minimum Gasteiger partial charge on any atom is -0.325 e. The molecule has 7 heteroatoms. The van der Waals surface area contributed by atoms with Gasteiger partial charge in [-0.2, -0.15) is 0 Å². The Kier molecular flexibility index (Phi) is 6.02. The lowest BCUT2D eigenvalue weighted by molar-refractivity contribution is -0.124. The average Bonchev–Trinajstić information content (AvgIpc) is 3.28. The number of halogens is 3. The molecule has 2 spiro atoms. The quantitative estimate of drug-likeness (QED) is 0.430. The van der Waals surface area contributed by atoms with Gasteiger partial charge in [-0.3, -0.25) is 14.9 Å². The maximum absolute atomic E-state index is 15.9. The van der Waals surface area contributed by atoms with E-state index in [0.29, 0.717) is 28.6 Å². The highest BCUT2D eigenvalue weighted by Crippen LogP contribution is 2.63. The van der Waals surface area contributed by atoms with Crippen molar-refractivity contribution in [1.82, 2.24) is 5.32 Å². The van der Waals surface area contributed by atoms with Gasteiger partial charge in [0.1, 0.15) is 11.2 Å². The van der Waals surface area contributed by atoms with E-state index in [9.17, 15) is 9.59 Å². The van der Waals surface area contributed by atoms with Gasteiger partial charge >= 0.3 is 0 Å². The van der Waals surface area contributed by atoms with E-state index in [2.05, 4.69) is 24.5 Å².